The van der Waals surface area contributed by atoms with Crippen LogP contribution in [-0.2, 0) is 0 Å². The number of aromatic amines is 1. The molecule has 0 saturated carbocycles. The molecule has 3 rings (SSSR count). The van der Waals surface area contributed by atoms with Crippen LogP contribution in [-0.4, -0.2) is 16.9 Å². The summed E-state index contributed by atoms with van der Waals surface area (Å²) in [5.74, 6) is 1.08. The molecule has 76 valence electrons. The molecule has 0 amide bonds. The molecule has 1 aromatic carbocycles. The first kappa shape index (κ1) is 8.16. The van der Waals surface area contributed by atoms with Gasteiger partial charge in [-0.25, -0.2) is 0 Å². The summed E-state index contributed by atoms with van der Waals surface area (Å²) in [6.07, 6.45) is 0. The van der Waals surface area contributed by atoms with E-state index in [1.165, 1.54) is 0 Å². The normalized spacial score (nSPS) is 13.3. The van der Waals surface area contributed by atoms with Gasteiger partial charge in [0.1, 0.15) is 5.75 Å². The number of nitrogens with one attached hydrogen (secondary N) is 1. The van der Waals surface area contributed by atoms with Crippen molar-refractivity contribution in [2.45, 2.75) is 0 Å². The lowest BCUT2D eigenvalue weighted by atomic mass is 10.2. The standard InChI is InChI=1S/C10H7NO4/c12-7-3-10(13)11-6-2-9-8(1-5(6)7)14-4-15-9/h1-3H,4H2,(H2,11,12,13). The molecule has 2 aromatic rings. The lowest BCUT2D eigenvalue weighted by Gasteiger charge is -2.02. The van der Waals surface area contributed by atoms with Crippen LogP contribution in [0, 0.1) is 0 Å². The molecular formula is C10H7NO4. The highest BCUT2D eigenvalue weighted by atomic mass is 16.7. The van der Waals surface area contributed by atoms with E-state index in [1.807, 2.05) is 0 Å². The zero-order valence-electron chi connectivity index (χ0n) is 7.61. The van der Waals surface area contributed by atoms with Crippen molar-refractivity contribution in [3.05, 3.63) is 28.6 Å². The molecule has 15 heavy (non-hydrogen) atoms. The average molecular weight is 205 g/mol. The molecule has 0 unspecified atom stereocenters. The number of fused-ring (bicyclic) bond motifs is 2. The number of hydrogen-bond donors (Lipinski definition) is 2. The van der Waals surface area contributed by atoms with E-state index in [0.717, 1.165) is 6.07 Å². The van der Waals surface area contributed by atoms with Crippen LogP contribution in [0.15, 0.2) is 23.0 Å². The van der Waals surface area contributed by atoms with Crippen LogP contribution >= 0.6 is 0 Å². The summed E-state index contributed by atoms with van der Waals surface area (Å²) in [5.41, 5.74) is 0.183. The Hall–Kier alpha value is -2.17. The zero-order valence-corrected chi connectivity index (χ0v) is 7.61. The van der Waals surface area contributed by atoms with Crippen molar-refractivity contribution in [3.63, 3.8) is 0 Å². The summed E-state index contributed by atoms with van der Waals surface area (Å²) < 4.78 is 10.3. The Labute approximate surface area is 83.9 Å². The van der Waals surface area contributed by atoms with Crippen molar-refractivity contribution in [1.82, 2.24) is 4.98 Å². The van der Waals surface area contributed by atoms with Gasteiger partial charge in [-0.2, -0.15) is 0 Å². The van der Waals surface area contributed by atoms with Gasteiger partial charge in [0, 0.05) is 17.5 Å². The number of aromatic nitrogens is 1. The van der Waals surface area contributed by atoms with Gasteiger partial charge in [-0.15, -0.1) is 0 Å². The van der Waals surface area contributed by atoms with E-state index in [9.17, 15) is 9.90 Å². The summed E-state index contributed by atoms with van der Waals surface area (Å²) in [6, 6.07) is 4.41. The van der Waals surface area contributed by atoms with E-state index in [2.05, 4.69) is 4.98 Å². The minimum atomic E-state index is -0.348. The van der Waals surface area contributed by atoms with Crippen molar-refractivity contribution in [3.8, 4) is 17.2 Å². The van der Waals surface area contributed by atoms with Crippen LogP contribution in [0.1, 0.15) is 0 Å². The predicted octanol–water partition coefficient (Wildman–Crippen LogP) is 0.962. The molecular weight excluding hydrogens is 198 g/mol. The molecule has 5 heteroatoms. The fourth-order valence-corrected chi connectivity index (χ4v) is 1.63. The average Bonchev–Trinajstić information content (AvgIpc) is 2.61. The molecule has 2 heterocycles. The summed E-state index contributed by atoms with van der Waals surface area (Å²) in [7, 11) is 0. The van der Waals surface area contributed by atoms with Gasteiger partial charge >= 0.3 is 0 Å². The minimum absolute atomic E-state index is 0.0629. The molecule has 0 aliphatic carbocycles. The van der Waals surface area contributed by atoms with Gasteiger partial charge in [0.15, 0.2) is 11.5 Å². The molecule has 1 aliphatic rings. The van der Waals surface area contributed by atoms with E-state index in [-0.39, 0.29) is 18.1 Å². The van der Waals surface area contributed by atoms with Crippen molar-refractivity contribution in [2.75, 3.05) is 6.79 Å². The first-order valence-electron chi connectivity index (χ1n) is 4.40. The number of hydrogen-bond acceptors (Lipinski definition) is 4. The summed E-state index contributed by atoms with van der Waals surface area (Å²) >= 11 is 0. The summed E-state index contributed by atoms with van der Waals surface area (Å²) in [5, 5.41) is 10.1. The fourth-order valence-electron chi connectivity index (χ4n) is 1.63. The van der Waals surface area contributed by atoms with Gasteiger partial charge in [0.25, 0.3) is 5.56 Å². The monoisotopic (exact) mass is 205 g/mol. The third-order valence-corrected chi connectivity index (χ3v) is 2.31. The highest BCUT2D eigenvalue weighted by Crippen LogP contribution is 2.37. The summed E-state index contributed by atoms with van der Waals surface area (Å²) in [6.45, 7) is 0.163. The quantitative estimate of drug-likeness (QED) is 0.672. The Morgan fingerprint density at radius 3 is 2.73 bits per heavy atom. The van der Waals surface area contributed by atoms with Crippen LogP contribution in [0.4, 0.5) is 0 Å². The van der Waals surface area contributed by atoms with Crippen LogP contribution in [0.3, 0.4) is 0 Å². The predicted molar refractivity (Wildman–Crippen MR) is 52.4 cm³/mol. The second kappa shape index (κ2) is 2.66. The molecule has 1 aromatic heterocycles. The van der Waals surface area contributed by atoms with Crippen molar-refractivity contribution in [2.24, 2.45) is 0 Å². The molecule has 0 spiro atoms. The maximum atomic E-state index is 11.1. The molecule has 0 saturated heterocycles. The number of rotatable bonds is 0. The number of ether oxygens (including phenoxy) is 2. The van der Waals surface area contributed by atoms with Gasteiger partial charge in [-0.3, -0.25) is 4.79 Å². The lowest BCUT2D eigenvalue weighted by Crippen LogP contribution is -2.02. The second-order valence-corrected chi connectivity index (χ2v) is 3.27. The first-order chi connectivity index (χ1) is 7.24. The number of benzene rings is 1. The van der Waals surface area contributed by atoms with Crippen LogP contribution < -0.4 is 15.0 Å². The van der Waals surface area contributed by atoms with Crippen LogP contribution in [0.25, 0.3) is 10.9 Å². The molecule has 0 atom stereocenters. The molecule has 1 aliphatic heterocycles. The van der Waals surface area contributed by atoms with Crippen LogP contribution in [0.5, 0.6) is 17.2 Å². The Morgan fingerprint density at radius 1 is 1.20 bits per heavy atom. The fraction of sp³-hybridized carbons (Fsp3) is 0.100. The largest absolute Gasteiger partial charge is 0.507 e. The first-order valence-corrected chi connectivity index (χ1v) is 4.40. The molecule has 0 fully saturated rings. The van der Waals surface area contributed by atoms with Crippen molar-refractivity contribution in [1.29, 1.82) is 0 Å². The van der Waals surface area contributed by atoms with Gasteiger partial charge < -0.3 is 19.6 Å². The Bertz CT molecular complexity index is 602. The van der Waals surface area contributed by atoms with Gasteiger partial charge in [-0.05, 0) is 6.07 Å². The summed E-state index contributed by atoms with van der Waals surface area (Å²) in [4.78, 5) is 13.7. The molecule has 5 nitrogen and oxygen atoms in total. The molecule has 0 radical (unpaired) electrons. The number of pyridine rings is 1. The van der Waals surface area contributed by atoms with Gasteiger partial charge in [-0.1, -0.05) is 0 Å². The third kappa shape index (κ3) is 1.13. The Morgan fingerprint density at radius 2 is 1.93 bits per heavy atom. The maximum absolute atomic E-state index is 11.1. The minimum Gasteiger partial charge on any atom is -0.507 e. The maximum Gasteiger partial charge on any atom is 0.252 e. The van der Waals surface area contributed by atoms with E-state index >= 15 is 0 Å². The highest BCUT2D eigenvalue weighted by Gasteiger charge is 2.15. The zero-order chi connectivity index (χ0) is 10.4. The lowest BCUT2D eigenvalue weighted by molar-refractivity contribution is 0.174. The van der Waals surface area contributed by atoms with Gasteiger partial charge in [0.2, 0.25) is 6.79 Å². The molecule has 0 bridgehead atoms. The second-order valence-electron chi connectivity index (χ2n) is 3.27. The van der Waals surface area contributed by atoms with E-state index in [1.54, 1.807) is 12.1 Å². The van der Waals surface area contributed by atoms with Crippen molar-refractivity contribution >= 4 is 10.9 Å². The van der Waals surface area contributed by atoms with E-state index in [4.69, 9.17) is 9.47 Å². The van der Waals surface area contributed by atoms with Crippen LogP contribution in [0.2, 0.25) is 0 Å². The van der Waals surface area contributed by atoms with Crippen molar-refractivity contribution < 1.29 is 14.6 Å². The third-order valence-electron chi connectivity index (χ3n) is 2.31. The van der Waals surface area contributed by atoms with E-state index in [0.29, 0.717) is 22.4 Å². The Balaban J connectivity index is 2.43. The highest BCUT2D eigenvalue weighted by molar-refractivity contribution is 5.87. The number of H-pyrrole nitrogens is 1. The molecule has 2 N–H and O–H groups in total. The van der Waals surface area contributed by atoms with Gasteiger partial charge in [0.05, 0.1) is 5.52 Å². The number of aromatic hydroxyl groups is 1. The Kier molecular flexibility index (Phi) is 1.45. The smallest absolute Gasteiger partial charge is 0.252 e. The SMILES string of the molecule is O=c1cc(O)c2cc3c(cc2[nH]1)OCO3. The topological polar surface area (TPSA) is 71.5 Å². The van der Waals surface area contributed by atoms with E-state index < -0.39 is 0 Å².